The Labute approximate surface area is 168 Å². The Morgan fingerprint density at radius 1 is 0.714 bits per heavy atom. The number of hydrogen-bond donors (Lipinski definition) is 0. The van der Waals surface area contributed by atoms with E-state index in [-0.39, 0.29) is 5.41 Å². The maximum absolute atomic E-state index is 2.42. The lowest BCUT2D eigenvalue weighted by Gasteiger charge is -2.22. The zero-order valence-corrected chi connectivity index (χ0v) is 16.9. The van der Waals surface area contributed by atoms with Gasteiger partial charge in [-0.15, -0.1) is 0 Å². The van der Waals surface area contributed by atoms with Gasteiger partial charge in [0.2, 0.25) is 0 Å². The van der Waals surface area contributed by atoms with Crippen LogP contribution in [0.3, 0.4) is 0 Å². The molecule has 0 atom stereocenters. The second kappa shape index (κ2) is 6.34. The van der Waals surface area contributed by atoms with Gasteiger partial charge in [0, 0.05) is 5.41 Å². The van der Waals surface area contributed by atoms with Crippen LogP contribution in [0.25, 0.3) is 27.8 Å². The Bertz CT molecular complexity index is 1140. The number of allylic oxidation sites excluding steroid dienone is 4. The summed E-state index contributed by atoms with van der Waals surface area (Å²) in [7, 11) is 0. The molecular formula is C28H26. The van der Waals surface area contributed by atoms with Gasteiger partial charge in [-0.1, -0.05) is 86.2 Å². The first-order valence-electron chi connectivity index (χ1n) is 10.3. The van der Waals surface area contributed by atoms with E-state index in [1.165, 1.54) is 50.1 Å². The van der Waals surface area contributed by atoms with Crippen molar-refractivity contribution in [2.45, 2.75) is 39.0 Å². The van der Waals surface area contributed by atoms with Gasteiger partial charge >= 0.3 is 0 Å². The minimum absolute atomic E-state index is 0.0325. The van der Waals surface area contributed by atoms with Crippen molar-refractivity contribution in [2.75, 3.05) is 0 Å². The first-order chi connectivity index (χ1) is 13.5. The van der Waals surface area contributed by atoms with Gasteiger partial charge in [-0.05, 0) is 76.4 Å². The fourth-order valence-corrected chi connectivity index (χ4v) is 4.76. The summed E-state index contributed by atoms with van der Waals surface area (Å²) in [6.07, 6.45) is 9.24. The average molecular weight is 363 g/mol. The Hall–Kier alpha value is -2.86. The normalized spacial score (nSPS) is 16.5. The molecule has 0 bridgehead atoms. The highest BCUT2D eigenvalue weighted by molar-refractivity contribution is 5.87. The minimum atomic E-state index is 0.0325. The van der Waals surface area contributed by atoms with E-state index in [1.54, 1.807) is 0 Å². The van der Waals surface area contributed by atoms with E-state index >= 15 is 0 Å². The molecular weight excluding hydrogens is 336 g/mol. The van der Waals surface area contributed by atoms with Crippen LogP contribution in [0.4, 0.5) is 0 Å². The maximum Gasteiger partial charge on any atom is 0.0159 e. The third-order valence-electron chi connectivity index (χ3n) is 6.36. The predicted octanol–water partition coefficient (Wildman–Crippen LogP) is 7.70. The molecule has 0 aromatic heterocycles. The van der Waals surface area contributed by atoms with E-state index in [1.807, 2.05) is 0 Å². The van der Waals surface area contributed by atoms with Gasteiger partial charge in [-0.25, -0.2) is 0 Å². The topological polar surface area (TPSA) is 0 Å². The van der Waals surface area contributed by atoms with Crippen LogP contribution in [-0.2, 0) is 5.41 Å². The third kappa shape index (κ3) is 2.67. The van der Waals surface area contributed by atoms with Crippen molar-refractivity contribution in [3.05, 3.63) is 101 Å². The molecule has 3 aromatic rings. The van der Waals surface area contributed by atoms with Crippen molar-refractivity contribution in [3.8, 4) is 22.3 Å². The predicted molar refractivity (Wildman–Crippen MR) is 121 cm³/mol. The molecule has 0 unspecified atom stereocenters. The molecule has 0 saturated heterocycles. The number of hydrogen-bond acceptors (Lipinski definition) is 0. The molecule has 0 amide bonds. The summed E-state index contributed by atoms with van der Waals surface area (Å²) in [4.78, 5) is 0. The Morgan fingerprint density at radius 2 is 1.54 bits per heavy atom. The highest BCUT2D eigenvalue weighted by Gasteiger charge is 2.35. The molecule has 3 aromatic carbocycles. The molecule has 0 fully saturated rings. The van der Waals surface area contributed by atoms with Crippen molar-refractivity contribution in [1.82, 2.24) is 0 Å². The second-order valence-electron chi connectivity index (χ2n) is 8.65. The van der Waals surface area contributed by atoms with E-state index in [4.69, 9.17) is 0 Å². The van der Waals surface area contributed by atoms with Gasteiger partial charge in [-0.2, -0.15) is 0 Å². The summed E-state index contributed by atoms with van der Waals surface area (Å²) in [6.45, 7) is 6.88. The van der Waals surface area contributed by atoms with Crippen LogP contribution < -0.4 is 0 Å². The Kier molecular flexibility index (Phi) is 3.91. The Morgan fingerprint density at radius 3 is 2.32 bits per heavy atom. The summed E-state index contributed by atoms with van der Waals surface area (Å²) in [6, 6.07) is 22.8. The van der Waals surface area contributed by atoms with Crippen LogP contribution in [0.2, 0.25) is 0 Å². The van der Waals surface area contributed by atoms with Crippen molar-refractivity contribution in [2.24, 2.45) is 0 Å². The molecule has 0 radical (unpaired) electrons. The van der Waals surface area contributed by atoms with E-state index < -0.39 is 0 Å². The fraction of sp³-hybridized carbons (Fsp3) is 0.214. The lowest BCUT2D eigenvalue weighted by molar-refractivity contribution is 0.660. The van der Waals surface area contributed by atoms with E-state index in [0.717, 1.165) is 12.8 Å². The number of benzene rings is 3. The molecule has 0 heterocycles. The monoisotopic (exact) mass is 362 g/mol. The van der Waals surface area contributed by atoms with Crippen LogP contribution in [0, 0.1) is 6.92 Å². The van der Waals surface area contributed by atoms with Crippen LogP contribution in [0.5, 0.6) is 0 Å². The zero-order chi connectivity index (χ0) is 19.3. The lowest BCUT2D eigenvalue weighted by atomic mass is 9.81. The molecule has 0 nitrogen and oxygen atoms in total. The van der Waals surface area contributed by atoms with Crippen LogP contribution in [-0.4, -0.2) is 0 Å². The highest BCUT2D eigenvalue weighted by Crippen LogP contribution is 2.50. The van der Waals surface area contributed by atoms with Crippen LogP contribution >= 0.6 is 0 Å². The van der Waals surface area contributed by atoms with E-state index in [2.05, 4.69) is 99.7 Å². The number of fused-ring (bicyclic) bond motifs is 3. The van der Waals surface area contributed by atoms with Crippen LogP contribution in [0.15, 0.2) is 78.9 Å². The minimum Gasteiger partial charge on any atom is -0.0836 e. The van der Waals surface area contributed by atoms with Gasteiger partial charge in [0.1, 0.15) is 0 Å². The zero-order valence-electron chi connectivity index (χ0n) is 16.9. The quantitative estimate of drug-likeness (QED) is 0.438. The van der Waals surface area contributed by atoms with Gasteiger partial charge in [-0.3, -0.25) is 0 Å². The van der Waals surface area contributed by atoms with Gasteiger partial charge in [0.25, 0.3) is 0 Å². The van der Waals surface area contributed by atoms with Gasteiger partial charge < -0.3 is 0 Å². The maximum atomic E-state index is 2.42. The number of aryl methyl sites for hydroxylation is 1. The average Bonchev–Trinajstić information content (AvgIpc) is 2.95. The molecule has 0 aliphatic heterocycles. The summed E-state index contributed by atoms with van der Waals surface area (Å²) in [5.74, 6) is 0. The van der Waals surface area contributed by atoms with E-state index in [9.17, 15) is 0 Å². The molecule has 138 valence electrons. The molecule has 0 heteroatoms. The molecule has 2 aliphatic rings. The fourth-order valence-electron chi connectivity index (χ4n) is 4.76. The van der Waals surface area contributed by atoms with Crippen molar-refractivity contribution in [1.29, 1.82) is 0 Å². The molecule has 0 N–H and O–H groups in total. The third-order valence-corrected chi connectivity index (χ3v) is 6.36. The highest BCUT2D eigenvalue weighted by atomic mass is 14.4. The summed E-state index contributed by atoms with van der Waals surface area (Å²) in [5.41, 5.74) is 12.3. The first kappa shape index (κ1) is 17.3. The molecule has 0 spiro atoms. The van der Waals surface area contributed by atoms with Crippen LogP contribution in [0.1, 0.15) is 48.9 Å². The first-order valence-corrected chi connectivity index (χ1v) is 10.3. The molecule has 2 aliphatic carbocycles. The molecule has 0 saturated carbocycles. The SMILES string of the molecule is Cc1cccc(-c2ccc3c(c2)-c2ccc(C4=CCCC=C4)cc2C3(C)C)c1. The van der Waals surface area contributed by atoms with Crippen molar-refractivity contribution >= 4 is 5.57 Å². The smallest absolute Gasteiger partial charge is 0.0159 e. The summed E-state index contributed by atoms with van der Waals surface area (Å²) >= 11 is 0. The Balaban J connectivity index is 1.64. The van der Waals surface area contributed by atoms with Crippen molar-refractivity contribution in [3.63, 3.8) is 0 Å². The number of rotatable bonds is 2. The summed E-state index contributed by atoms with van der Waals surface area (Å²) in [5, 5.41) is 0. The molecule has 5 rings (SSSR count). The lowest BCUT2D eigenvalue weighted by Crippen LogP contribution is -2.15. The largest absolute Gasteiger partial charge is 0.0836 e. The second-order valence-corrected chi connectivity index (χ2v) is 8.65. The summed E-state index contributed by atoms with van der Waals surface area (Å²) < 4.78 is 0. The van der Waals surface area contributed by atoms with Crippen molar-refractivity contribution < 1.29 is 0 Å². The molecule has 28 heavy (non-hydrogen) atoms. The van der Waals surface area contributed by atoms with E-state index in [0.29, 0.717) is 0 Å². The van der Waals surface area contributed by atoms with Gasteiger partial charge in [0.15, 0.2) is 0 Å². The van der Waals surface area contributed by atoms with Gasteiger partial charge in [0.05, 0.1) is 0 Å². The standard InChI is InChI=1S/C28H26/c1-19-8-7-11-21(16-19)22-13-15-26-25(17-22)24-14-12-23(18-27(24)28(26,2)3)20-9-5-4-6-10-20/h5,7-18H,4,6H2,1-3H3.